The lowest BCUT2D eigenvalue weighted by Gasteiger charge is -2.43. The van der Waals surface area contributed by atoms with Gasteiger partial charge >= 0.3 is 6.18 Å². The SMILES string of the molecule is OC1(Cc2cccc(Sc3ccc4ccccc4n3)c2C(F)(F)F)CC(F)C1F. The van der Waals surface area contributed by atoms with E-state index in [1.165, 1.54) is 18.2 Å². The standard InChI is InChI=1S/C21H16F5NOS/c22-14-11-20(28,19(14)23)10-13-5-3-7-16(18(13)21(24,25)26)29-17-9-8-12-4-1-2-6-15(12)27-17/h1-9,14,19,28H,10-11H2. The Bertz CT molecular complexity index is 1060. The van der Waals surface area contributed by atoms with Crippen LogP contribution in [0.5, 0.6) is 0 Å². The molecule has 4 rings (SSSR count). The maximum Gasteiger partial charge on any atom is 0.417 e. The number of pyridine rings is 1. The van der Waals surface area contributed by atoms with Crippen LogP contribution in [0.3, 0.4) is 0 Å². The first-order valence-electron chi connectivity index (χ1n) is 8.91. The van der Waals surface area contributed by atoms with Crippen molar-refractivity contribution in [2.75, 3.05) is 0 Å². The number of para-hydroxylation sites is 1. The molecule has 0 radical (unpaired) electrons. The summed E-state index contributed by atoms with van der Waals surface area (Å²) < 4.78 is 68.5. The Balaban J connectivity index is 1.71. The summed E-state index contributed by atoms with van der Waals surface area (Å²) in [5.41, 5.74) is -2.69. The van der Waals surface area contributed by atoms with Gasteiger partial charge in [-0.15, -0.1) is 0 Å². The molecule has 0 aliphatic heterocycles. The summed E-state index contributed by atoms with van der Waals surface area (Å²) >= 11 is 0.842. The van der Waals surface area contributed by atoms with Gasteiger partial charge in [0.05, 0.1) is 11.1 Å². The van der Waals surface area contributed by atoms with Crippen LogP contribution < -0.4 is 0 Å². The second-order valence-corrected chi connectivity index (χ2v) is 8.20. The number of benzene rings is 2. The van der Waals surface area contributed by atoms with Crippen LogP contribution in [0.2, 0.25) is 0 Å². The zero-order valence-electron chi connectivity index (χ0n) is 15.0. The zero-order chi connectivity index (χ0) is 20.8. The lowest BCUT2D eigenvalue weighted by Crippen LogP contribution is -2.59. The van der Waals surface area contributed by atoms with Crippen LogP contribution in [-0.2, 0) is 12.6 Å². The van der Waals surface area contributed by atoms with Gasteiger partial charge in [0.1, 0.15) is 16.8 Å². The number of halogens is 5. The van der Waals surface area contributed by atoms with Crippen LogP contribution in [-0.4, -0.2) is 28.0 Å². The van der Waals surface area contributed by atoms with E-state index in [2.05, 4.69) is 4.98 Å². The highest BCUT2D eigenvalue weighted by atomic mass is 32.2. The predicted molar refractivity (Wildman–Crippen MR) is 100 cm³/mol. The van der Waals surface area contributed by atoms with Crippen LogP contribution in [0.25, 0.3) is 10.9 Å². The van der Waals surface area contributed by atoms with E-state index in [9.17, 15) is 27.1 Å². The van der Waals surface area contributed by atoms with Crippen molar-refractivity contribution in [3.05, 3.63) is 65.7 Å². The number of fused-ring (bicyclic) bond motifs is 1. The van der Waals surface area contributed by atoms with Gasteiger partial charge in [0.25, 0.3) is 0 Å². The molecule has 0 saturated heterocycles. The molecule has 1 aromatic heterocycles. The number of hydrogen-bond donors (Lipinski definition) is 1. The number of aliphatic hydroxyl groups is 1. The minimum absolute atomic E-state index is 0.104. The first-order chi connectivity index (χ1) is 13.7. The summed E-state index contributed by atoms with van der Waals surface area (Å²) in [6, 6.07) is 14.6. The van der Waals surface area contributed by atoms with Crippen molar-refractivity contribution in [1.82, 2.24) is 4.98 Å². The Kier molecular flexibility index (Phi) is 5.02. The Morgan fingerprint density at radius 3 is 2.48 bits per heavy atom. The molecule has 0 amide bonds. The summed E-state index contributed by atoms with van der Waals surface area (Å²) in [7, 11) is 0. The number of hydrogen-bond acceptors (Lipinski definition) is 3. The minimum atomic E-state index is -4.73. The van der Waals surface area contributed by atoms with Gasteiger partial charge < -0.3 is 5.11 Å². The summed E-state index contributed by atoms with van der Waals surface area (Å²) in [4.78, 5) is 4.28. The molecule has 3 atom stereocenters. The van der Waals surface area contributed by atoms with Gasteiger partial charge in [0.2, 0.25) is 0 Å². The third-order valence-electron chi connectivity index (χ3n) is 5.06. The molecule has 3 unspecified atom stereocenters. The quantitative estimate of drug-likeness (QED) is 0.540. The highest BCUT2D eigenvalue weighted by Crippen LogP contribution is 2.45. The monoisotopic (exact) mass is 425 g/mol. The molecule has 0 spiro atoms. The van der Waals surface area contributed by atoms with Gasteiger partial charge in [0, 0.05) is 23.1 Å². The second-order valence-electron chi connectivity index (χ2n) is 7.13. The maximum absolute atomic E-state index is 13.9. The third kappa shape index (κ3) is 3.83. The van der Waals surface area contributed by atoms with Gasteiger partial charge in [0.15, 0.2) is 6.17 Å². The normalized spacial score (nSPS) is 24.5. The Labute approximate surface area is 167 Å². The summed E-state index contributed by atoms with van der Waals surface area (Å²) in [5.74, 6) is 0. The molecule has 1 fully saturated rings. The molecule has 1 aliphatic carbocycles. The van der Waals surface area contributed by atoms with E-state index in [0.29, 0.717) is 10.5 Å². The minimum Gasteiger partial charge on any atom is -0.386 e. The van der Waals surface area contributed by atoms with Crippen molar-refractivity contribution in [2.45, 2.75) is 46.9 Å². The van der Waals surface area contributed by atoms with Crippen LogP contribution in [0.1, 0.15) is 17.5 Å². The molecule has 29 heavy (non-hydrogen) atoms. The number of alkyl halides is 5. The molecular formula is C21H16F5NOS. The maximum atomic E-state index is 13.9. The van der Waals surface area contributed by atoms with Crippen LogP contribution in [0.15, 0.2) is 64.5 Å². The van der Waals surface area contributed by atoms with Gasteiger partial charge in [-0.05, 0) is 23.8 Å². The van der Waals surface area contributed by atoms with Gasteiger partial charge in [-0.1, -0.05) is 48.2 Å². The Hall–Kier alpha value is -2.19. The fraction of sp³-hybridized carbons (Fsp3) is 0.286. The van der Waals surface area contributed by atoms with Gasteiger partial charge in [-0.2, -0.15) is 13.2 Å². The van der Waals surface area contributed by atoms with Gasteiger partial charge in [-0.25, -0.2) is 13.8 Å². The smallest absolute Gasteiger partial charge is 0.386 e. The molecule has 3 aromatic rings. The molecule has 2 nitrogen and oxygen atoms in total. The molecule has 1 aliphatic rings. The molecule has 1 saturated carbocycles. The van der Waals surface area contributed by atoms with Crippen molar-refractivity contribution < 1.29 is 27.1 Å². The summed E-state index contributed by atoms with van der Waals surface area (Å²) in [6.45, 7) is 0. The van der Waals surface area contributed by atoms with E-state index >= 15 is 0 Å². The zero-order valence-corrected chi connectivity index (χ0v) is 15.8. The lowest BCUT2D eigenvalue weighted by molar-refractivity contribution is -0.158. The number of nitrogens with zero attached hydrogens (tertiary/aromatic N) is 1. The first kappa shape index (κ1) is 20.1. The van der Waals surface area contributed by atoms with Crippen molar-refractivity contribution in [2.24, 2.45) is 0 Å². The highest BCUT2D eigenvalue weighted by molar-refractivity contribution is 7.99. The average molecular weight is 425 g/mol. The Morgan fingerprint density at radius 1 is 1.03 bits per heavy atom. The molecule has 8 heteroatoms. The predicted octanol–water partition coefficient (Wildman–Crippen LogP) is 5.76. The third-order valence-corrected chi connectivity index (χ3v) is 6.06. The topological polar surface area (TPSA) is 33.1 Å². The number of rotatable bonds is 4. The molecule has 1 heterocycles. The van der Waals surface area contributed by atoms with Crippen molar-refractivity contribution >= 4 is 22.7 Å². The molecular weight excluding hydrogens is 409 g/mol. The van der Waals surface area contributed by atoms with E-state index in [4.69, 9.17) is 0 Å². The van der Waals surface area contributed by atoms with Crippen LogP contribution in [0, 0.1) is 0 Å². The first-order valence-corrected chi connectivity index (χ1v) is 9.72. The lowest BCUT2D eigenvalue weighted by atomic mass is 9.72. The van der Waals surface area contributed by atoms with Gasteiger partial charge in [-0.3, -0.25) is 0 Å². The van der Waals surface area contributed by atoms with E-state index in [1.807, 2.05) is 12.1 Å². The molecule has 0 bridgehead atoms. The Morgan fingerprint density at radius 2 is 1.79 bits per heavy atom. The van der Waals surface area contributed by atoms with Crippen LogP contribution >= 0.6 is 11.8 Å². The fourth-order valence-corrected chi connectivity index (χ4v) is 4.58. The second kappa shape index (κ2) is 7.25. The molecule has 1 N–H and O–H groups in total. The van der Waals surface area contributed by atoms with E-state index < -0.39 is 42.5 Å². The summed E-state index contributed by atoms with van der Waals surface area (Å²) in [5, 5.41) is 11.4. The van der Waals surface area contributed by atoms with E-state index in [1.54, 1.807) is 24.3 Å². The molecule has 2 aromatic carbocycles. The van der Waals surface area contributed by atoms with Crippen molar-refractivity contribution in [3.63, 3.8) is 0 Å². The van der Waals surface area contributed by atoms with E-state index in [-0.39, 0.29) is 10.5 Å². The summed E-state index contributed by atoms with van der Waals surface area (Å²) in [6.07, 6.45) is -9.90. The number of aromatic nitrogens is 1. The fourth-order valence-electron chi connectivity index (χ4n) is 3.58. The largest absolute Gasteiger partial charge is 0.417 e. The highest BCUT2D eigenvalue weighted by Gasteiger charge is 2.55. The van der Waals surface area contributed by atoms with Crippen molar-refractivity contribution in [3.8, 4) is 0 Å². The average Bonchev–Trinajstić information content (AvgIpc) is 2.67. The van der Waals surface area contributed by atoms with E-state index in [0.717, 1.165) is 17.1 Å². The molecule has 152 valence electrons. The van der Waals surface area contributed by atoms with Crippen molar-refractivity contribution in [1.29, 1.82) is 0 Å². The van der Waals surface area contributed by atoms with Crippen LogP contribution in [0.4, 0.5) is 22.0 Å².